The third kappa shape index (κ3) is 7.25. The molecule has 0 spiro atoms. The Morgan fingerprint density at radius 1 is 0.778 bits per heavy atom. The van der Waals surface area contributed by atoms with Crippen LogP contribution in [0.2, 0.25) is 0 Å². The smallest absolute Gasteiger partial charge is 0.429 e. The standard InChI is InChI=1S/C37H31F6NO/c1-2-3-4-5-23-6-10-25(11-7-23)26-12-16-30(32(38)18-26)27-13-17-31(33(39)19-27)28-20-34(40)36(35(41)21-28)37(42,43)45-29-14-8-24(22-44)9-15-29/h2-3,8-9,12-21,23,25H,4-7,10-11H2,1H3. The molecule has 1 aliphatic rings. The number of benzene rings is 4. The lowest BCUT2D eigenvalue weighted by molar-refractivity contribution is -0.189. The molecule has 1 fully saturated rings. The lowest BCUT2D eigenvalue weighted by Crippen LogP contribution is -2.25. The van der Waals surface area contributed by atoms with Crippen molar-refractivity contribution in [3.63, 3.8) is 0 Å². The highest BCUT2D eigenvalue weighted by Gasteiger charge is 2.41. The van der Waals surface area contributed by atoms with E-state index in [0.717, 1.165) is 62.3 Å². The van der Waals surface area contributed by atoms with Crippen molar-refractivity contribution in [1.82, 2.24) is 0 Å². The molecule has 0 bridgehead atoms. The van der Waals surface area contributed by atoms with E-state index in [4.69, 9.17) is 5.26 Å². The SMILES string of the molecule is CC=CCCC1CCC(c2ccc(-c3ccc(-c4cc(F)c(C(F)(F)Oc5ccc(C#N)cc5)c(F)c4)c(F)c3)c(F)c2)CC1. The first-order valence-corrected chi connectivity index (χ1v) is 14.9. The molecular weight excluding hydrogens is 588 g/mol. The highest BCUT2D eigenvalue weighted by molar-refractivity contribution is 5.72. The number of halogens is 6. The Morgan fingerprint density at radius 2 is 1.38 bits per heavy atom. The molecule has 0 saturated heterocycles. The van der Waals surface area contributed by atoms with Gasteiger partial charge in [0.25, 0.3) is 0 Å². The topological polar surface area (TPSA) is 33.0 Å². The lowest BCUT2D eigenvalue weighted by Gasteiger charge is -2.28. The summed E-state index contributed by atoms with van der Waals surface area (Å²) in [7, 11) is 0. The predicted molar refractivity (Wildman–Crippen MR) is 162 cm³/mol. The van der Waals surface area contributed by atoms with Gasteiger partial charge >= 0.3 is 6.11 Å². The van der Waals surface area contributed by atoms with Gasteiger partial charge in [-0.3, -0.25) is 0 Å². The fraction of sp³-hybridized carbons (Fsp3) is 0.270. The van der Waals surface area contributed by atoms with Crippen molar-refractivity contribution in [2.24, 2.45) is 5.92 Å². The van der Waals surface area contributed by atoms with Crippen LogP contribution in [0.4, 0.5) is 26.3 Å². The third-order valence-electron chi connectivity index (χ3n) is 8.44. The number of rotatable bonds is 9. The Bertz CT molecular complexity index is 1710. The van der Waals surface area contributed by atoms with Gasteiger partial charge in [-0.15, -0.1) is 0 Å². The Morgan fingerprint density at radius 3 is 1.98 bits per heavy atom. The first-order valence-electron chi connectivity index (χ1n) is 14.9. The normalized spacial score (nSPS) is 16.9. The number of hydrogen-bond acceptors (Lipinski definition) is 2. The Labute approximate surface area is 258 Å². The van der Waals surface area contributed by atoms with Crippen LogP contribution in [0.5, 0.6) is 5.75 Å². The van der Waals surface area contributed by atoms with Gasteiger partial charge in [0, 0.05) is 11.1 Å². The number of allylic oxidation sites excluding steroid dienone is 2. The van der Waals surface area contributed by atoms with Crippen LogP contribution < -0.4 is 4.74 Å². The molecule has 0 aliphatic heterocycles. The zero-order valence-electron chi connectivity index (χ0n) is 24.6. The van der Waals surface area contributed by atoms with Gasteiger partial charge in [0.2, 0.25) is 0 Å². The largest absolute Gasteiger partial charge is 0.432 e. The van der Waals surface area contributed by atoms with Crippen molar-refractivity contribution in [2.45, 2.75) is 57.5 Å². The molecule has 0 amide bonds. The summed E-state index contributed by atoms with van der Waals surface area (Å²) in [6.07, 6.45) is 6.25. The van der Waals surface area contributed by atoms with E-state index in [-0.39, 0.29) is 33.7 Å². The van der Waals surface area contributed by atoms with Crippen molar-refractivity contribution in [3.8, 4) is 34.1 Å². The van der Waals surface area contributed by atoms with Crippen molar-refractivity contribution >= 4 is 0 Å². The van der Waals surface area contributed by atoms with E-state index in [1.165, 1.54) is 30.3 Å². The summed E-state index contributed by atoms with van der Waals surface area (Å²) in [5.41, 5.74) is -0.705. The van der Waals surface area contributed by atoms with Gasteiger partial charge in [-0.25, -0.2) is 17.6 Å². The summed E-state index contributed by atoms with van der Waals surface area (Å²) in [5, 5.41) is 8.84. The summed E-state index contributed by atoms with van der Waals surface area (Å²) in [6, 6.07) is 16.2. The van der Waals surface area contributed by atoms with Crippen molar-refractivity contribution in [3.05, 3.63) is 125 Å². The molecule has 1 aliphatic carbocycles. The Hall–Kier alpha value is -4.51. The minimum atomic E-state index is -4.40. The quantitative estimate of drug-likeness (QED) is 0.138. The van der Waals surface area contributed by atoms with E-state index in [1.54, 1.807) is 6.07 Å². The van der Waals surface area contributed by atoms with Crippen LogP contribution in [0.25, 0.3) is 22.3 Å². The minimum absolute atomic E-state index is 0.177. The van der Waals surface area contributed by atoms with Crippen LogP contribution in [-0.2, 0) is 6.11 Å². The van der Waals surface area contributed by atoms with Gasteiger partial charge in [-0.2, -0.15) is 14.0 Å². The van der Waals surface area contributed by atoms with Crippen molar-refractivity contribution in [1.29, 1.82) is 5.26 Å². The van der Waals surface area contributed by atoms with Gasteiger partial charge in [0.05, 0.1) is 11.6 Å². The molecule has 4 aromatic rings. The molecule has 1 saturated carbocycles. The van der Waals surface area contributed by atoms with Crippen LogP contribution in [-0.4, -0.2) is 0 Å². The zero-order chi connectivity index (χ0) is 32.1. The van der Waals surface area contributed by atoms with Crippen LogP contribution >= 0.6 is 0 Å². The summed E-state index contributed by atoms with van der Waals surface area (Å²) in [6.45, 7) is 2.02. The van der Waals surface area contributed by atoms with Gasteiger partial charge in [-0.05, 0) is 123 Å². The van der Waals surface area contributed by atoms with E-state index < -0.39 is 40.7 Å². The summed E-state index contributed by atoms with van der Waals surface area (Å²) in [5.74, 6) is -4.15. The Balaban J connectivity index is 1.32. The van der Waals surface area contributed by atoms with Crippen LogP contribution in [0.3, 0.4) is 0 Å². The number of nitrogens with zero attached hydrogens (tertiary/aromatic N) is 1. The monoisotopic (exact) mass is 619 g/mol. The third-order valence-corrected chi connectivity index (χ3v) is 8.44. The average Bonchev–Trinajstić information content (AvgIpc) is 3.01. The second-order valence-electron chi connectivity index (χ2n) is 11.4. The van der Waals surface area contributed by atoms with Gasteiger partial charge in [-0.1, -0.05) is 36.4 Å². The molecule has 2 nitrogen and oxygen atoms in total. The molecule has 5 rings (SSSR count). The molecule has 0 unspecified atom stereocenters. The molecule has 4 aromatic carbocycles. The molecule has 0 radical (unpaired) electrons. The number of alkyl halides is 2. The maximum Gasteiger partial charge on any atom is 0.432 e. The molecule has 0 atom stereocenters. The van der Waals surface area contributed by atoms with Gasteiger partial charge in [0.1, 0.15) is 34.6 Å². The average molecular weight is 620 g/mol. The van der Waals surface area contributed by atoms with E-state index in [0.29, 0.717) is 18.1 Å². The second kappa shape index (κ2) is 13.6. The highest BCUT2D eigenvalue weighted by Crippen LogP contribution is 2.40. The van der Waals surface area contributed by atoms with Crippen LogP contribution in [0, 0.1) is 40.5 Å². The van der Waals surface area contributed by atoms with E-state index in [1.807, 2.05) is 19.1 Å². The van der Waals surface area contributed by atoms with E-state index in [2.05, 4.69) is 16.9 Å². The van der Waals surface area contributed by atoms with Crippen molar-refractivity contribution < 1.29 is 31.1 Å². The number of nitriles is 1. The van der Waals surface area contributed by atoms with Gasteiger partial charge < -0.3 is 4.74 Å². The van der Waals surface area contributed by atoms with Crippen molar-refractivity contribution in [2.75, 3.05) is 0 Å². The first kappa shape index (κ1) is 31.9. The van der Waals surface area contributed by atoms with E-state index >= 15 is 8.78 Å². The fourth-order valence-electron chi connectivity index (χ4n) is 6.02. The molecule has 0 N–H and O–H groups in total. The first-order chi connectivity index (χ1) is 21.6. The second-order valence-corrected chi connectivity index (χ2v) is 11.4. The molecule has 0 aromatic heterocycles. The van der Waals surface area contributed by atoms with Crippen LogP contribution in [0.15, 0.2) is 84.9 Å². The number of hydrogen-bond donors (Lipinski definition) is 0. The fourth-order valence-corrected chi connectivity index (χ4v) is 6.02. The highest BCUT2D eigenvalue weighted by atomic mass is 19.3. The zero-order valence-corrected chi connectivity index (χ0v) is 24.6. The summed E-state index contributed by atoms with van der Waals surface area (Å²) in [4.78, 5) is 0. The summed E-state index contributed by atoms with van der Waals surface area (Å²) >= 11 is 0. The molecule has 232 valence electrons. The van der Waals surface area contributed by atoms with Gasteiger partial charge in [0.15, 0.2) is 0 Å². The molecular formula is C37H31F6NO. The maximum atomic E-state index is 15.3. The summed E-state index contributed by atoms with van der Waals surface area (Å²) < 4.78 is 94.4. The molecule has 0 heterocycles. The lowest BCUT2D eigenvalue weighted by atomic mass is 9.77. The molecule has 45 heavy (non-hydrogen) atoms. The number of ether oxygens (including phenoxy) is 1. The minimum Gasteiger partial charge on any atom is -0.429 e. The maximum absolute atomic E-state index is 15.3. The Kier molecular flexibility index (Phi) is 9.67. The van der Waals surface area contributed by atoms with E-state index in [9.17, 15) is 17.6 Å². The molecule has 8 heteroatoms. The predicted octanol–water partition coefficient (Wildman–Crippen LogP) is 11.2. The van der Waals surface area contributed by atoms with Crippen LogP contribution in [0.1, 0.15) is 68.1 Å².